The van der Waals surface area contributed by atoms with Crippen LogP contribution in [0.1, 0.15) is 65.2 Å². The van der Waals surface area contributed by atoms with Crippen LogP contribution in [0, 0.1) is 34.5 Å². The summed E-state index contributed by atoms with van der Waals surface area (Å²) in [5.74, 6) is 0.492. The number of carboxylic acid groups (broad SMARTS) is 1. The van der Waals surface area contributed by atoms with E-state index in [-0.39, 0.29) is 35.1 Å². The lowest BCUT2D eigenvalue weighted by Crippen LogP contribution is -2.52. The van der Waals surface area contributed by atoms with Crippen molar-refractivity contribution < 1.29 is 19.8 Å². The monoisotopic (exact) mass is 346 g/mol. The Morgan fingerprint density at radius 3 is 2.68 bits per heavy atom. The van der Waals surface area contributed by atoms with Gasteiger partial charge in [0.05, 0.1) is 12.5 Å². The van der Waals surface area contributed by atoms with Crippen molar-refractivity contribution in [2.75, 3.05) is 0 Å². The minimum absolute atomic E-state index is 0.0188. The Morgan fingerprint density at radius 2 is 1.96 bits per heavy atom. The maximum atomic E-state index is 12.4. The molecule has 4 aliphatic rings. The van der Waals surface area contributed by atoms with E-state index in [0.29, 0.717) is 24.2 Å². The van der Waals surface area contributed by atoms with Gasteiger partial charge in [-0.3, -0.25) is 9.59 Å². The zero-order chi connectivity index (χ0) is 18.0. The fraction of sp³-hybridized carbons (Fsp3) is 0.810. The number of aliphatic hydroxyl groups is 1. The zero-order valence-corrected chi connectivity index (χ0v) is 15.3. The standard InChI is InChI=1S/C21H30O4/c1-20-8-7-16-14(15(20)5-6-18(20)23)4-3-13-10-17(22)12(9-19(24)25)11-21(13,16)2/h10,12,14-16,18,23H,3-9,11H2,1-2H3,(H,24,25)/t12?,14-,15-,16-,18-,20-,21-/m0/s1. The molecule has 0 radical (unpaired) electrons. The highest BCUT2D eigenvalue weighted by Gasteiger charge is 2.59. The van der Waals surface area contributed by atoms with E-state index in [1.54, 1.807) is 6.08 Å². The number of fused-ring (bicyclic) bond motifs is 5. The van der Waals surface area contributed by atoms with Crippen molar-refractivity contribution in [2.45, 2.75) is 71.3 Å². The Labute approximate surface area is 149 Å². The number of allylic oxidation sites excluding steroid dienone is 1. The summed E-state index contributed by atoms with van der Waals surface area (Å²) in [6.07, 6.45) is 8.54. The summed E-state index contributed by atoms with van der Waals surface area (Å²) < 4.78 is 0. The Bertz CT molecular complexity index is 638. The third-order valence-corrected chi connectivity index (χ3v) is 8.50. The highest BCUT2D eigenvalue weighted by atomic mass is 16.4. The van der Waals surface area contributed by atoms with Crippen LogP contribution in [0.2, 0.25) is 0 Å². The fourth-order valence-corrected chi connectivity index (χ4v) is 7.10. The van der Waals surface area contributed by atoms with Gasteiger partial charge in [-0.25, -0.2) is 0 Å². The van der Waals surface area contributed by atoms with E-state index in [9.17, 15) is 19.8 Å². The minimum Gasteiger partial charge on any atom is -0.481 e. The van der Waals surface area contributed by atoms with Crippen molar-refractivity contribution in [3.8, 4) is 0 Å². The summed E-state index contributed by atoms with van der Waals surface area (Å²) in [5.41, 5.74) is 1.29. The fourth-order valence-electron chi connectivity index (χ4n) is 7.10. The number of hydrogen-bond donors (Lipinski definition) is 2. The first-order chi connectivity index (χ1) is 11.8. The van der Waals surface area contributed by atoms with Gasteiger partial charge in [-0.1, -0.05) is 19.4 Å². The maximum Gasteiger partial charge on any atom is 0.304 e. The van der Waals surface area contributed by atoms with Crippen molar-refractivity contribution >= 4 is 11.8 Å². The van der Waals surface area contributed by atoms with Crippen molar-refractivity contribution in [1.29, 1.82) is 0 Å². The van der Waals surface area contributed by atoms with Gasteiger partial charge in [0.2, 0.25) is 0 Å². The second-order valence-electron chi connectivity index (χ2n) is 9.54. The third-order valence-electron chi connectivity index (χ3n) is 8.50. The second kappa shape index (κ2) is 5.67. The molecule has 0 aliphatic heterocycles. The number of carbonyl (C=O) groups excluding carboxylic acids is 1. The van der Waals surface area contributed by atoms with Crippen LogP contribution in [0.25, 0.3) is 0 Å². The lowest BCUT2D eigenvalue weighted by molar-refractivity contribution is -0.141. The van der Waals surface area contributed by atoms with Crippen LogP contribution in [-0.2, 0) is 9.59 Å². The normalized spacial score (nSPS) is 49.0. The second-order valence-corrected chi connectivity index (χ2v) is 9.54. The summed E-state index contributed by atoms with van der Waals surface area (Å²) in [4.78, 5) is 23.6. The van der Waals surface area contributed by atoms with Gasteiger partial charge in [0.25, 0.3) is 0 Å². The van der Waals surface area contributed by atoms with Crippen molar-refractivity contribution in [3.05, 3.63) is 11.6 Å². The molecule has 0 heterocycles. The summed E-state index contributed by atoms with van der Waals surface area (Å²) in [6, 6.07) is 0. The molecule has 25 heavy (non-hydrogen) atoms. The number of hydrogen-bond acceptors (Lipinski definition) is 3. The van der Waals surface area contributed by atoms with E-state index in [4.69, 9.17) is 0 Å². The Hall–Kier alpha value is -1.16. The summed E-state index contributed by atoms with van der Waals surface area (Å²) in [7, 11) is 0. The molecule has 4 aliphatic carbocycles. The topological polar surface area (TPSA) is 74.6 Å². The quantitative estimate of drug-likeness (QED) is 0.801. The van der Waals surface area contributed by atoms with Crippen molar-refractivity contribution in [1.82, 2.24) is 0 Å². The van der Waals surface area contributed by atoms with E-state index in [1.807, 2.05) is 0 Å². The average Bonchev–Trinajstić information content (AvgIpc) is 2.84. The molecule has 2 N–H and O–H groups in total. The van der Waals surface area contributed by atoms with E-state index in [2.05, 4.69) is 13.8 Å². The molecule has 1 unspecified atom stereocenters. The highest BCUT2D eigenvalue weighted by Crippen LogP contribution is 2.65. The van der Waals surface area contributed by atoms with Gasteiger partial charge < -0.3 is 10.2 Å². The lowest BCUT2D eigenvalue weighted by Gasteiger charge is -2.58. The number of rotatable bonds is 2. The number of carboxylic acids is 1. The minimum atomic E-state index is -0.874. The molecule has 0 spiro atoms. The Kier molecular flexibility index (Phi) is 3.91. The molecule has 3 fully saturated rings. The van der Waals surface area contributed by atoms with Gasteiger partial charge >= 0.3 is 5.97 Å². The number of aliphatic hydroxyl groups excluding tert-OH is 1. The summed E-state index contributed by atoms with van der Waals surface area (Å²) in [6.45, 7) is 4.56. The number of carbonyl (C=O) groups is 2. The Balaban J connectivity index is 1.65. The van der Waals surface area contributed by atoms with E-state index >= 15 is 0 Å². The molecule has 0 aromatic heterocycles. The molecule has 0 aromatic rings. The predicted octanol–water partition coefficient (Wildman–Crippen LogP) is 3.58. The first-order valence-electron chi connectivity index (χ1n) is 9.90. The van der Waals surface area contributed by atoms with Crippen molar-refractivity contribution in [2.24, 2.45) is 34.5 Å². The molecule has 0 aromatic carbocycles. The summed E-state index contributed by atoms with van der Waals surface area (Å²) in [5, 5.41) is 19.7. The molecule has 4 nitrogen and oxygen atoms in total. The van der Waals surface area contributed by atoms with Gasteiger partial charge in [-0.2, -0.15) is 0 Å². The molecule has 0 bridgehead atoms. The van der Waals surface area contributed by atoms with Gasteiger partial charge in [-0.15, -0.1) is 0 Å². The van der Waals surface area contributed by atoms with Crippen LogP contribution in [0.4, 0.5) is 0 Å². The van der Waals surface area contributed by atoms with Crippen LogP contribution in [-0.4, -0.2) is 28.1 Å². The maximum absolute atomic E-state index is 12.4. The molecule has 7 atom stereocenters. The van der Waals surface area contributed by atoms with E-state index in [0.717, 1.165) is 38.5 Å². The molecule has 4 heteroatoms. The molecule has 0 amide bonds. The third kappa shape index (κ3) is 2.43. The number of aliphatic carboxylic acids is 1. The first-order valence-corrected chi connectivity index (χ1v) is 9.90. The molecular formula is C21H30O4. The molecule has 4 rings (SSSR count). The lowest BCUT2D eigenvalue weighted by atomic mass is 9.46. The molecule has 0 saturated heterocycles. The van der Waals surface area contributed by atoms with Gasteiger partial charge in [0.1, 0.15) is 0 Å². The van der Waals surface area contributed by atoms with Gasteiger partial charge in [0, 0.05) is 5.92 Å². The molecule has 138 valence electrons. The smallest absolute Gasteiger partial charge is 0.304 e. The average molecular weight is 346 g/mol. The predicted molar refractivity (Wildman–Crippen MR) is 93.8 cm³/mol. The number of ketones is 1. The zero-order valence-electron chi connectivity index (χ0n) is 15.3. The molecule has 3 saturated carbocycles. The first kappa shape index (κ1) is 17.3. The SMILES string of the molecule is C[C@]12CC[C@H]3[C@@H](CCC4=CC(=O)C(CC(=O)O)C[C@@]43C)[C@@H]1CC[C@@H]2O. The van der Waals surface area contributed by atoms with E-state index < -0.39 is 5.97 Å². The largest absolute Gasteiger partial charge is 0.481 e. The van der Waals surface area contributed by atoms with Gasteiger partial charge in [-0.05, 0) is 79.6 Å². The van der Waals surface area contributed by atoms with Crippen LogP contribution in [0.3, 0.4) is 0 Å². The van der Waals surface area contributed by atoms with Crippen molar-refractivity contribution in [3.63, 3.8) is 0 Å². The van der Waals surface area contributed by atoms with Crippen LogP contribution in [0.15, 0.2) is 11.6 Å². The van der Waals surface area contributed by atoms with E-state index in [1.165, 1.54) is 5.57 Å². The van der Waals surface area contributed by atoms with Gasteiger partial charge in [0.15, 0.2) is 5.78 Å². The van der Waals surface area contributed by atoms with Crippen LogP contribution in [0.5, 0.6) is 0 Å². The van der Waals surface area contributed by atoms with Crippen LogP contribution >= 0.6 is 0 Å². The summed E-state index contributed by atoms with van der Waals surface area (Å²) >= 11 is 0. The van der Waals surface area contributed by atoms with Crippen LogP contribution < -0.4 is 0 Å². The highest BCUT2D eigenvalue weighted by molar-refractivity contribution is 5.95. The Morgan fingerprint density at radius 1 is 1.20 bits per heavy atom. The molecular weight excluding hydrogens is 316 g/mol.